The second-order valence-electron chi connectivity index (χ2n) is 9.15. The highest BCUT2D eigenvalue weighted by Crippen LogP contribution is 2.48. The summed E-state index contributed by atoms with van der Waals surface area (Å²) in [6.07, 6.45) is 6.93. The van der Waals surface area contributed by atoms with E-state index in [2.05, 4.69) is 56.3 Å². The van der Waals surface area contributed by atoms with Gasteiger partial charge < -0.3 is 10.1 Å². The quantitative estimate of drug-likeness (QED) is 0.736. The van der Waals surface area contributed by atoms with Crippen LogP contribution in [-0.2, 0) is 4.74 Å². The molecule has 1 N–H and O–H groups in total. The van der Waals surface area contributed by atoms with Gasteiger partial charge in [0.05, 0.1) is 0 Å². The monoisotopic (exact) mass is 373 g/mol. The first kappa shape index (κ1) is 18.6. The van der Waals surface area contributed by atoms with E-state index in [1.807, 2.05) is 24.3 Å². The largest absolute Gasteiger partial charge is 0.449 e. The average Bonchev–Trinajstić information content (AvgIpc) is 2.96. The molecule has 2 aromatic rings. The van der Waals surface area contributed by atoms with E-state index in [4.69, 9.17) is 11.2 Å². The zero-order valence-electron chi connectivity index (χ0n) is 16.8. The van der Waals surface area contributed by atoms with Crippen molar-refractivity contribution in [2.24, 2.45) is 11.3 Å². The molecule has 0 heterocycles. The van der Waals surface area contributed by atoms with Gasteiger partial charge in [-0.1, -0.05) is 75.2 Å². The highest BCUT2D eigenvalue weighted by molar-refractivity contribution is 5.79. The number of terminal acetylenes is 1. The minimum Gasteiger partial charge on any atom is -0.449 e. The lowest BCUT2D eigenvalue weighted by Gasteiger charge is -2.49. The number of ether oxygens (including phenoxy) is 1. The summed E-state index contributed by atoms with van der Waals surface area (Å²) in [6, 6.07) is 16.6. The van der Waals surface area contributed by atoms with Gasteiger partial charge in [0.1, 0.15) is 12.1 Å². The van der Waals surface area contributed by atoms with Crippen LogP contribution in [-0.4, -0.2) is 18.2 Å². The molecule has 4 rings (SSSR count). The van der Waals surface area contributed by atoms with Crippen molar-refractivity contribution in [3.8, 4) is 23.5 Å². The van der Waals surface area contributed by atoms with Crippen LogP contribution in [0.1, 0.15) is 50.7 Å². The van der Waals surface area contributed by atoms with Crippen LogP contribution in [0.5, 0.6) is 0 Å². The maximum Gasteiger partial charge on any atom is 0.408 e. The van der Waals surface area contributed by atoms with Crippen LogP contribution in [0.4, 0.5) is 4.79 Å². The first-order valence-electron chi connectivity index (χ1n) is 9.94. The summed E-state index contributed by atoms with van der Waals surface area (Å²) in [6.45, 7) is 6.95. The van der Waals surface area contributed by atoms with Crippen LogP contribution in [0.15, 0.2) is 48.5 Å². The van der Waals surface area contributed by atoms with Crippen molar-refractivity contribution in [1.82, 2.24) is 5.32 Å². The number of alkyl carbamates (subject to hydrolysis) is 1. The molecule has 0 spiro atoms. The van der Waals surface area contributed by atoms with Gasteiger partial charge in [0.15, 0.2) is 0 Å². The Kier molecular flexibility index (Phi) is 4.46. The lowest BCUT2D eigenvalue weighted by atomic mass is 9.59. The molecule has 2 aromatic carbocycles. The number of fused-ring (bicyclic) bond motifs is 3. The molecule has 3 heteroatoms. The van der Waals surface area contributed by atoms with Crippen molar-refractivity contribution in [2.75, 3.05) is 6.61 Å². The number of benzene rings is 2. The first-order chi connectivity index (χ1) is 13.3. The third-order valence-corrected chi connectivity index (χ3v) is 6.38. The summed E-state index contributed by atoms with van der Waals surface area (Å²) in [7, 11) is 0. The zero-order valence-corrected chi connectivity index (χ0v) is 16.8. The van der Waals surface area contributed by atoms with Gasteiger partial charge in [0.2, 0.25) is 0 Å². The van der Waals surface area contributed by atoms with E-state index in [1.54, 1.807) is 0 Å². The topological polar surface area (TPSA) is 38.3 Å². The summed E-state index contributed by atoms with van der Waals surface area (Å²) in [5.74, 6) is 3.37. The molecule has 1 saturated carbocycles. The molecule has 2 aliphatic rings. The number of rotatable bonds is 3. The smallest absolute Gasteiger partial charge is 0.408 e. The van der Waals surface area contributed by atoms with Gasteiger partial charge in [-0.05, 0) is 46.4 Å². The molecule has 144 valence electrons. The molecule has 2 aliphatic carbocycles. The normalized spacial score (nSPS) is 23.1. The first-order valence-corrected chi connectivity index (χ1v) is 9.94. The Balaban J connectivity index is 1.43. The molecule has 3 nitrogen and oxygen atoms in total. The van der Waals surface area contributed by atoms with Crippen molar-refractivity contribution >= 4 is 6.09 Å². The predicted molar refractivity (Wildman–Crippen MR) is 112 cm³/mol. The molecule has 0 radical (unpaired) electrons. The van der Waals surface area contributed by atoms with Crippen molar-refractivity contribution in [3.63, 3.8) is 0 Å². The summed E-state index contributed by atoms with van der Waals surface area (Å²) in [4.78, 5) is 12.5. The molecule has 0 aromatic heterocycles. The molecule has 0 atom stereocenters. The van der Waals surface area contributed by atoms with Crippen LogP contribution in [0.2, 0.25) is 0 Å². The third kappa shape index (κ3) is 3.18. The molecule has 0 unspecified atom stereocenters. The minimum atomic E-state index is -0.569. The fourth-order valence-electron chi connectivity index (χ4n) is 4.48. The molecule has 0 saturated heterocycles. The van der Waals surface area contributed by atoms with Gasteiger partial charge in [0, 0.05) is 5.92 Å². The van der Waals surface area contributed by atoms with Gasteiger partial charge in [-0.25, -0.2) is 4.79 Å². The lowest BCUT2D eigenvalue weighted by molar-refractivity contribution is 0.0530. The van der Waals surface area contributed by atoms with E-state index in [1.165, 1.54) is 22.3 Å². The average molecular weight is 373 g/mol. The summed E-state index contributed by atoms with van der Waals surface area (Å²) in [5, 5.41) is 2.96. The lowest BCUT2D eigenvalue weighted by Crippen LogP contribution is -2.59. The molecule has 0 bridgehead atoms. The zero-order chi connectivity index (χ0) is 19.9. The molecular formula is C25H27NO2. The van der Waals surface area contributed by atoms with Gasteiger partial charge in [-0.3, -0.25) is 0 Å². The molecule has 28 heavy (non-hydrogen) atoms. The Morgan fingerprint density at radius 2 is 1.64 bits per heavy atom. The highest BCUT2D eigenvalue weighted by Gasteiger charge is 2.48. The molecule has 0 aliphatic heterocycles. The van der Waals surface area contributed by atoms with Crippen LogP contribution < -0.4 is 5.32 Å². The van der Waals surface area contributed by atoms with E-state index in [0.717, 1.165) is 12.8 Å². The number of hydrogen-bond acceptors (Lipinski definition) is 2. The van der Waals surface area contributed by atoms with Crippen molar-refractivity contribution in [2.45, 2.75) is 45.1 Å². The molecule has 1 amide bonds. The number of nitrogens with one attached hydrogen (secondary N) is 1. The summed E-state index contributed by atoms with van der Waals surface area (Å²) >= 11 is 0. The van der Waals surface area contributed by atoms with Crippen LogP contribution in [0, 0.1) is 23.7 Å². The Morgan fingerprint density at radius 1 is 1.11 bits per heavy atom. The Hall–Kier alpha value is -2.73. The minimum absolute atomic E-state index is 0.0589. The third-order valence-electron chi connectivity index (χ3n) is 6.38. The Labute approximate surface area is 167 Å². The maximum atomic E-state index is 12.5. The van der Waals surface area contributed by atoms with Gasteiger partial charge >= 0.3 is 6.09 Å². The van der Waals surface area contributed by atoms with E-state index in [9.17, 15) is 4.79 Å². The van der Waals surface area contributed by atoms with E-state index in [0.29, 0.717) is 12.5 Å². The Morgan fingerprint density at radius 3 is 2.14 bits per heavy atom. The number of amides is 1. The van der Waals surface area contributed by atoms with Gasteiger partial charge in [-0.2, -0.15) is 0 Å². The van der Waals surface area contributed by atoms with Crippen LogP contribution in [0.25, 0.3) is 11.1 Å². The summed E-state index contributed by atoms with van der Waals surface area (Å²) < 4.78 is 5.65. The predicted octanol–water partition coefficient (Wildman–Crippen LogP) is 5.35. The second-order valence-corrected chi connectivity index (χ2v) is 9.15. The van der Waals surface area contributed by atoms with Crippen molar-refractivity contribution in [1.29, 1.82) is 0 Å². The van der Waals surface area contributed by atoms with E-state index in [-0.39, 0.29) is 11.3 Å². The van der Waals surface area contributed by atoms with Gasteiger partial charge in [0.25, 0.3) is 0 Å². The molecule has 1 fully saturated rings. The number of carbonyl (C=O) groups excluding carboxylic acids is 1. The second kappa shape index (κ2) is 6.71. The standard InChI is InChI=1S/C25H27NO2/c1-5-25(14-17(15-25)24(2,3)4)26-23(27)28-16-22-20-12-8-6-10-18(20)19-11-7-9-13-21(19)22/h1,6-13,17,22H,14-16H2,2-4H3,(H,26,27). The maximum absolute atomic E-state index is 12.5. The van der Waals surface area contributed by atoms with Crippen LogP contribution >= 0.6 is 0 Å². The van der Waals surface area contributed by atoms with Crippen molar-refractivity contribution < 1.29 is 9.53 Å². The van der Waals surface area contributed by atoms with Crippen LogP contribution in [0.3, 0.4) is 0 Å². The Bertz CT molecular complexity index is 896. The number of carbonyl (C=O) groups is 1. The van der Waals surface area contributed by atoms with Gasteiger partial charge in [-0.15, -0.1) is 6.42 Å². The van der Waals surface area contributed by atoms with E-state index >= 15 is 0 Å². The van der Waals surface area contributed by atoms with E-state index < -0.39 is 11.6 Å². The SMILES string of the molecule is C#CC1(NC(=O)OCC2c3ccccc3-c3ccccc32)CC(C(C)(C)C)C1. The fraction of sp³-hybridized carbons (Fsp3) is 0.400. The number of hydrogen-bond donors (Lipinski definition) is 1. The fourth-order valence-corrected chi connectivity index (χ4v) is 4.48. The summed E-state index contributed by atoms with van der Waals surface area (Å²) in [5.41, 5.74) is 4.49. The molecular weight excluding hydrogens is 346 g/mol. The van der Waals surface area contributed by atoms with Crippen molar-refractivity contribution in [3.05, 3.63) is 59.7 Å². The highest BCUT2D eigenvalue weighted by atomic mass is 16.5.